The van der Waals surface area contributed by atoms with Gasteiger partial charge in [0.25, 0.3) is 7.82 Å². The average Bonchev–Trinajstić information content (AvgIpc) is 3.58. The highest BCUT2D eigenvalue weighted by molar-refractivity contribution is 7.45. The van der Waals surface area contributed by atoms with E-state index in [1.165, 1.54) is 244 Å². The second kappa shape index (κ2) is 70.5. The first-order chi connectivity index (χ1) is 44.0. The molecule has 2 atom stereocenters. The lowest BCUT2D eigenvalue weighted by Crippen LogP contribution is -2.37. The number of nitrogens with zero attached hydrogens (tertiary/aromatic N) is 1. The van der Waals surface area contributed by atoms with Gasteiger partial charge in [0.2, 0.25) is 0 Å². The van der Waals surface area contributed by atoms with Crippen LogP contribution < -0.4 is 4.89 Å². The largest absolute Gasteiger partial charge is 0.756 e. The molecular formula is C80H146NO8P. The molecule has 90 heavy (non-hydrogen) atoms. The van der Waals surface area contributed by atoms with Gasteiger partial charge in [-0.25, -0.2) is 0 Å². The molecular weight excluding hydrogens is 1130 g/mol. The molecule has 0 saturated carbocycles. The van der Waals surface area contributed by atoms with E-state index in [-0.39, 0.29) is 32.0 Å². The van der Waals surface area contributed by atoms with Crippen LogP contribution in [0.2, 0.25) is 0 Å². The first kappa shape index (κ1) is 87.2. The minimum atomic E-state index is -4.65. The van der Waals surface area contributed by atoms with Crippen molar-refractivity contribution in [2.45, 2.75) is 367 Å². The van der Waals surface area contributed by atoms with E-state index in [9.17, 15) is 19.0 Å². The van der Waals surface area contributed by atoms with E-state index >= 15 is 0 Å². The molecule has 0 fully saturated rings. The van der Waals surface area contributed by atoms with Crippen molar-refractivity contribution in [3.8, 4) is 0 Å². The van der Waals surface area contributed by atoms with Crippen molar-refractivity contribution in [2.75, 3.05) is 47.5 Å². The van der Waals surface area contributed by atoms with Crippen molar-refractivity contribution in [3.63, 3.8) is 0 Å². The minimum absolute atomic E-state index is 0.0332. The van der Waals surface area contributed by atoms with Gasteiger partial charge in [-0.15, -0.1) is 0 Å². The van der Waals surface area contributed by atoms with Crippen LogP contribution in [0.4, 0.5) is 0 Å². The number of hydrogen-bond donors (Lipinski definition) is 0. The maximum absolute atomic E-state index is 12.9. The van der Waals surface area contributed by atoms with Gasteiger partial charge in [0.1, 0.15) is 19.8 Å². The summed E-state index contributed by atoms with van der Waals surface area (Å²) >= 11 is 0. The van der Waals surface area contributed by atoms with Crippen LogP contribution in [0.3, 0.4) is 0 Å². The molecule has 9 nitrogen and oxygen atoms in total. The zero-order chi connectivity index (χ0) is 65.5. The van der Waals surface area contributed by atoms with E-state index in [1.807, 2.05) is 21.1 Å². The number of carbonyl (C=O) groups excluding carboxylic acids is 2. The lowest BCUT2D eigenvalue weighted by atomic mass is 10.0. The summed E-state index contributed by atoms with van der Waals surface area (Å²) in [6.07, 6.45) is 97.0. The molecule has 0 amide bonds. The molecule has 0 saturated heterocycles. The Labute approximate surface area is 558 Å². The summed E-state index contributed by atoms with van der Waals surface area (Å²) < 4.78 is 34.4. The van der Waals surface area contributed by atoms with Crippen molar-refractivity contribution < 1.29 is 42.1 Å². The SMILES string of the molecule is CC/C=C\C/C=C\C/C=C\C/C=C\C/C=C\C/C=C\CCCCCCCCCCCCC(=O)OC(COC(=O)CCCCCCCCCCCCCCCCCCCCCCCCCCC/C=C\CCCCCCCCCC)COP(=O)([O-])OCC[N+](C)(C)C. The van der Waals surface area contributed by atoms with Crippen LogP contribution in [0.5, 0.6) is 0 Å². The molecule has 0 aromatic heterocycles. The highest BCUT2D eigenvalue weighted by atomic mass is 31.2. The topological polar surface area (TPSA) is 111 Å². The molecule has 0 aromatic rings. The van der Waals surface area contributed by atoms with Gasteiger partial charge in [-0.3, -0.25) is 14.2 Å². The first-order valence-electron chi connectivity index (χ1n) is 38.3. The Kier molecular flexibility index (Phi) is 68.3. The Bertz CT molecular complexity index is 1800. The van der Waals surface area contributed by atoms with Crippen molar-refractivity contribution in [1.29, 1.82) is 0 Å². The number of likely N-dealkylation sites (N-methyl/N-ethyl adjacent to an activating group) is 1. The van der Waals surface area contributed by atoms with Gasteiger partial charge < -0.3 is 27.9 Å². The molecule has 524 valence electrons. The van der Waals surface area contributed by atoms with Gasteiger partial charge in [-0.05, 0) is 89.9 Å². The summed E-state index contributed by atoms with van der Waals surface area (Å²) in [5.41, 5.74) is 0. The predicted octanol–water partition coefficient (Wildman–Crippen LogP) is 24.6. The molecule has 10 heteroatoms. The fourth-order valence-corrected chi connectivity index (χ4v) is 11.8. The van der Waals surface area contributed by atoms with E-state index < -0.39 is 26.5 Å². The number of rotatable bonds is 71. The van der Waals surface area contributed by atoms with Crippen LogP contribution >= 0.6 is 7.82 Å². The smallest absolute Gasteiger partial charge is 0.306 e. The Morgan fingerprint density at radius 2 is 0.633 bits per heavy atom. The van der Waals surface area contributed by atoms with Crippen molar-refractivity contribution >= 4 is 19.8 Å². The number of phosphoric ester groups is 1. The summed E-state index contributed by atoms with van der Waals surface area (Å²) in [6.45, 7) is 4.17. The molecule has 0 bridgehead atoms. The number of esters is 2. The Hall–Kier alpha value is -2.81. The highest BCUT2D eigenvalue weighted by Crippen LogP contribution is 2.38. The molecule has 2 unspecified atom stereocenters. The molecule has 0 spiro atoms. The van der Waals surface area contributed by atoms with E-state index in [4.69, 9.17) is 18.5 Å². The normalized spacial score (nSPS) is 13.5. The zero-order valence-corrected chi connectivity index (χ0v) is 60.7. The van der Waals surface area contributed by atoms with Gasteiger partial charge in [0.05, 0.1) is 27.7 Å². The monoisotopic (exact) mass is 1280 g/mol. The Morgan fingerprint density at radius 3 is 0.956 bits per heavy atom. The molecule has 0 N–H and O–H groups in total. The molecule has 0 aromatic carbocycles. The van der Waals surface area contributed by atoms with Crippen LogP contribution in [-0.2, 0) is 32.7 Å². The molecule has 0 rings (SSSR count). The van der Waals surface area contributed by atoms with E-state index in [0.29, 0.717) is 17.4 Å². The van der Waals surface area contributed by atoms with Gasteiger partial charge in [0, 0.05) is 12.8 Å². The number of ether oxygens (including phenoxy) is 2. The highest BCUT2D eigenvalue weighted by Gasteiger charge is 2.22. The van der Waals surface area contributed by atoms with E-state index in [2.05, 4.69) is 98.9 Å². The lowest BCUT2D eigenvalue weighted by molar-refractivity contribution is -0.870. The summed E-state index contributed by atoms with van der Waals surface area (Å²) in [5, 5.41) is 0. The molecule has 0 aliphatic rings. The van der Waals surface area contributed by atoms with Crippen LogP contribution in [0, 0.1) is 0 Å². The third kappa shape index (κ3) is 74.2. The van der Waals surface area contributed by atoms with E-state index in [0.717, 1.165) is 83.5 Å². The fourth-order valence-electron chi connectivity index (χ4n) is 11.1. The quantitative estimate of drug-likeness (QED) is 0.0195. The van der Waals surface area contributed by atoms with Gasteiger partial charge in [-0.1, -0.05) is 343 Å². The number of carbonyl (C=O) groups is 2. The summed E-state index contributed by atoms with van der Waals surface area (Å²) in [6, 6.07) is 0. The second-order valence-corrected chi connectivity index (χ2v) is 28.4. The van der Waals surface area contributed by atoms with Crippen LogP contribution in [0.15, 0.2) is 85.1 Å². The van der Waals surface area contributed by atoms with Crippen molar-refractivity contribution in [2.24, 2.45) is 0 Å². The molecule has 0 aliphatic heterocycles. The third-order valence-corrected chi connectivity index (χ3v) is 17.9. The van der Waals surface area contributed by atoms with Crippen LogP contribution in [-0.4, -0.2) is 70.0 Å². The number of allylic oxidation sites excluding steroid dienone is 14. The predicted molar refractivity (Wildman–Crippen MR) is 388 cm³/mol. The fraction of sp³-hybridized carbons (Fsp3) is 0.800. The Balaban J connectivity index is 3.96. The maximum Gasteiger partial charge on any atom is 0.306 e. The van der Waals surface area contributed by atoms with Crippen molar-refractivity contribution in [1.82, 2.24) is 0 Å². The van der Waals surface area contributed by atoms with Crippen LogP contribution in [0.1, 0.15) is 361 Å². The first-order valence-corrected chi connectivity index (χ1v) is 39.8. The standard InChI is InChI=1S/C80H146NO8P/c1-6-8-10-12-14-16-18-20-22-24-26-28-30-32-34-36-37-38-39-40-41-42-43-45-46-48-50-52-54-56-58-60-62-64-66-68-70-72-79(82)86-76-78(77-88-90(84,85)87-75-74-81(3,4)5)89-80(83)73-71-69-67-65-63-61-59-57-55-53-51-49-47-44-35-33-31-29-27-25-23-21-19-17-15-13-11-9-7-2/h9,11,15,17,21,23-24,26-27,29,33,35,47,49,78H,6-8,10,12-14,16,18-20,22,25,28,30-32,34,36-46,48,50-77H2,1-5H3/b11-9-,17-15-,23-21-,26-24-,29-27-,35-33-,49-47-. The lowest BCUT2D eigenvalue weighted by Gasteiger charge is -2.28. The van der Waals surface area contributed by atoms with Gasteiger partial charge >= 0.3 is 11.9 Å². The summed E-state index contributed by atoms with van der Waals surface area (Å²) in [4.78, 5) is 38.1. The van der Waals surface area contributed by atoms with Crippen LogP contribution in [0.25, 0.3) is 0 Å². The number of quaternary nitrogens is 1. The van der Waals surface area contributed by atoms with Gasteiger partial charge in [0.15, 0.2) is 6.10 Å². The number of phosphoric acid groups is 1. The zero-order valence-electron chi connectivity index (χ0n) is 59.8. The third-order valence-electron chi connectivity index (χ3n) is 16.9. The summed E-state index contributed by atoms with van der Waals surface area (Å²) in [5.74, 6) is -0.826. The average molecular weight is 1280 g/mol. The van der Waals surface area contributed by atoms with Crippen molar-refractivity contribution in [3.05, 3.63) is 85.1 Å². The number of unbranched alkanes of at least 4 members (excludes halogenated alkanes) is 43. The van der Waals surface area contributed by atoms with Gasteiger partial charge in [-0.2, -0.15) is 0 Å². The maximum atomic E-state index is 12.9. The summed E-state index contributed by atoms with van der Waals surface area (Å²) in [7, 11) is 1.17. The minimum Gasteiger partial charge on any atom is -0.756 e. The number of hydrogen-bond acceptors (Lipinski definition) is 8. The van der Waals surface area contributed by atoms with E-state index in [1.54, 1.807) is 0 Å². The molecule has 0 heterocycles. The Morgan fingerprint density at radius 1 is 0.356 bits per heavy atom. The second-order valence-electron chi connectivity index (χ2n) is 27.0. The molecule has 0 radical (unpaired) electrons. The molecule has 0 aliphatic carbocycles.